The predicted octanol–water partition coefficient (Wildman–Crippen LogP) is 2.07. The second kappa shape index (κ2) is 6.72. The van der Waals surface area contributed by atoms with Gasteiger partial charge in [0.15, 0.2) is 0 Å². The van der Waals surface area contributed by atoms with Crippen LogP contribution in [0.25, 0.3) is 0 Å². The number of furan rings is 1. The lowest BCUT2D eigenvalue weighted by atomic mass is 9.93. The van der Waals surface area contributed by atoms with E-state index in [1.165, 1.54) is 6.07 Å². The standard InChI is InChI=1S/C19H23N3O4/c1-11-18(13-5-3-4-6-16(13)26-11)19(24)22-7-8-25-10-15(22)14-9-17(23)21-12(2)20-14/h9,15H,3-8,10H2,1-2H3,(H,20,21,23). The van der Waals surface area contributed by atoms with E-state index in [-0.39, 0.29) is 17.5 Å². The summed E-state index contributed by atoms with van der Waals surface area (Å²) in [6.45, 7) is 4.87. The normalized spacial score (nSPS) is 20.1. The minimum absolute atomic E-state index is 0.0533. The SMILES string of the molecule is Cc1nc(C2COCCN2C(=O)c2c(C)oc3c2CCCC3)cc(=O)[nH]1. The van der Waals surface area contributed by atoms with Gasteiger partial charge in [-0.25, -0.2) is 4.98 Å². The summed E-state index contributed by atoms with van der Waals surface area (Å²) in [6.07, 6.45) is 3.95. The fourth-order valence-corrected chi connectivity index (χ4v) is 3.99. The van der Waals surface area contributed by atoms with Crippen LogP contribution in [0.3, 0.4) is 0 Å². The third-order valence-electron chi connectivity index (χ3n) is 5.17. The molecule has 1 aliphatic heterocycles. The minimum atomic E-state index is -0.370. The number of ether oxygens (including phenoxy) is 1. The molecule has 2 aliphatic rings. The fourth-order valence-electron chi connectivity index (χ4n) is 3.99. The molecule has 1 N–H and O–H groups in total. The molecule has 7 nitrogen and oxygen atoms in total. The summed E-state index contributed by atoms with van der Waals surface area (Å²) in [4.78, 5) is 34.1. The summed E-state index contributed by atoms with van der Waals surface area (Å²) in [5.41, 5.74) is 2.09. The number of H-pyrrole nitrogens is 1. The molecule has 2 aromatic heterocycles. The highest BCUT2D eigenvalue weighted by atomic mass is 16.5. The number of hydrogen-bond acceptors (Lipinski definition) is 5. The van der Waals surface area contributed by atoms with Crippen LogP contribution >= 0.6 is 0 Å². The molecule has 0 saturated carbocycles. The second-order valence-corrected chi connectivity index (χ2v) is 6.99. The van der Waals surface area contributed by atoms with Gasteiger partial charge in [0.05, 0.1) is 30.5 Å². The van der Waals surface area contributed by atoms with E-state index in [1.807, 2.05) is 6.92 Å². The number of nitrogens with one attached hydrogen (secondary N) is 1. The van der Waals surface area contributed by atoms with Crippen molar-refractivity contribution in [3.8, 4) is 0 Å². The molecule has 0 bridgehead atoms. The van der Waals surface area contributed by atoms with E-state index in [1.54, 1.807) is 11.8 Å². The zero-order valence-corrected chi connectivity index (χ0v) is 15.1. The monoisotopic (exact) mass is 357 g/mol. The van der Waals surface area contributed by atoms with Gasteiger partial charge in [-0.2, -0.15) is 0 Å². The maximum absolute atomic E-state index is 13.4. The van der Waals surface area contributed by atoms with Crippen molar-refractivity contribution >= 4 is 5.91 Å². The van der Waals surface area contributed by atoms with Crippen LogP contribution in [0.2, 0.25) is 0 Å². The molecule has 0 aromatic carbocycles. The lowest BCUT2D eigenvalue weighted by Crippen LogP contribution is -2.44. The van der Waals surface area contributed by atoms with Gasteiger partial charge in [0.25, 0.3) is 11.5 Å². The number of amides is 1. The van der Waals surface area contributed by atoms with Crippen molar-refractivity contribution in [2.45, 2.75) is 45.6 Å². The zero-order valence-electron chi connectivity index (χ0n) is 15.1. The number of carbonyl (C=O) groups is 1. The highest BCUT2D eigenvalue weighted by Gasteiger charge is 2.35. The molecule has 0 spiro atoms. The number of rotatable bonds is 2. The third kappa shape index (κ3) is 2.96. The van der Waals surface area contributed by atoms with Gasteiger partial charge in [0.2, 0.25) is 0 Å². The first-order valence-corrected chi connectivity index (χ1v) is 9.12. The molecule has 1 saturated heterocycles. The topological polar surface area (TPSA) is 88.4 Å². The summed E-state index contributed by atoms with van der Waals surface area (Å²) < 4.78 is 11.5. The molecule has 7 heteroatoms. The molecule has 26 heavy (non-hydrogen) atoms. The fraction of sp³-hybridized carbons (Fsp3) is 0.526. The second-order valence-electron chi connectivity index (χ2n) is 6.99. The van der Waals surface area contributed by atoms with E-state index in [2.05, 4.69) is 9.97 Å². The Kier molecular flexibility index (Phi) is 4.40. The van der Waals surface area contributed by atoms with Crippen LogP contribution < -0.4 is 5.56 Å². The highest BCUT2D eigenvalue weighted by Crippen LogP contribution is 2.33. The molecule has 1 unspecified atom stereocenters. The Morgan fingerprint density at radius 1 is 1.31 bits per heavy atom. The summed E-state index contributed by atoms with van der Waals surface area (Å²) in [6, 6.07) is 1.08. The zero-order chi connectivity index (χ0) is 18.3. The van der Waals surface area contributed by atoms with Crippen molar-refractivity contribution in [1.82, 2.24) is 14.9 Å². The number of aryl methyl sites for hydroxylation is 3. The molecule has 3 heterocycles. The van der Waals surface area contributed by atoms with Crippen LogP contribution in [0.15, 0.2) is 15.3 Å². The largest absolute Gasteiger partial charge is 0.465 e. The highest BCUT2D eigenvalue weighted by molar-refractivity contribution is 5.97. The van der Waals surface area contributed by atoms with Crippen molar-refractivity contribution in [2.75, 3.05) is 19.8 Å². The Labute approximate surface area is 151 Å². The summed E-state index contributed by atoms with van der Waals surface area (Å²) in [5.74, 6) is 2.11. The molecule has 4 rings (SSSR count). The Morgan fingerprint density at radius 3 is 2.92 bits per heavy atom. The molecule has 1 amide bonds. The quantitative estimate of drug-likeness (QED) is 0.889. The number of fused-ring (bicyclic) bond motifs is 1. The molecule has 0 radical (unpaired) electrons. The minimum Gasteiger partial charge on any atom is -0.465 e. The number of hydrogen-bond donors (Lipinski definition) is 1. The van der Waals surface area contributed by atoms with Crippen molar-refractivity contribution in [1.29, 1.82) is 0 Å². The summed E-state index contributed by atoms with van der Waals surface area (Å²) in [5, 5.41) is 0. The van der Waals surface area contributed by atoms with Crippen LogP contribution in [0.1, 0.15) is 57.8 Å². The lowest BCUT2D eigenvalue weighted by Gasteiger charge is -2.35. The Balaban J connectivity index is 1.72. The molecule has 1 aliphatic carbocycles. The smallest absolute Gasteiger partial charge is 0.258 e. The number of nitrogens with zero attached hydrogens (tertiary/aromatic N) is 2. The van der Waals surface area contributed by atoms with Crippen molar-refractivity contribution < 1.29 is 13.9 Å². The summed E-state index contributed by atoms with van der Waals surface area (Å²) in [7, 11) is 0. The van der Waals surface area contributed by atoms with Gasteiger partial charge in [-0.05, 0) is 33.1 Å². The van der Waals surface area contributed by atoms with Crippen molar-refractivity contribution in [3.05, 3.63) is 50.6 Å². The number of carbonyl (C=O) groups excluding carboxylic acids is 1. The van der Waals surface area contributed by atoms with Crippen LogP contribution in [0, 0.1) is 13.8 Å². The first kappa shape index (κ1) is 17.0. The van der Waals surface area contributed by atoms with E-state index in [9.17, 15) is 9.59 Å². The van der Waals surface area contributed by atoms with Gasteiger partial charge in [-0.3, -0.25) is 9.59 Å². The van der Waals surface area contributed by atoms with E-state index >= 15 is 0 Å². The van der Waals surface area contributed by atoms with Crippen LogP contribution in [0.5, 0.6) is 0 Å². The van der Waals surface area contributed by atoms with Gasteiger partial charge < -0.3 is 19.0 Å². The van der Waals surface area contributed by atoms with Gasteiger partial charge in [-0.15, -0.1) is 0 Å². The van der Waals surface area contributed by atoms with Gasteiger partial charge in [0.1, 0.15) is 17.3 Å². The Bertz CT molecular complexity index is 899. The van der Waals surface area contributed by atoms with E-state index < -0.39 is 0 Å². The van der Waals surface area contributed by atoms with E-state index in [0.29, 0.717) is 42.6 Å². The molecule has 1 atom stereocenters. The third-order valence-corrected chi connectivity index (χ3v) is 5.17. The average Bonchev–Trinajstić information content (AvgIpc) is 2.96. The first-order valence-electron chi connectivity index (χ1n) is 9.12. The molecular formula is C19H23N3O4. The lowest BCUT2D eigenvalue weighted by molar-refractivity contribution is -0.00415. The number of aromatic amines is 1. The van der Waals surface area contributed by atoms with E-state index in [0.717, 1.165) is 37.0 Å². The Morgan fingerprint density at radius 2 is 2.12 bits per heavy atom. The molecule has 2 aromatic rings. The van der Waals surface area contributed by atoms with Gasteiger partial charge >= 0.3 is 0 Å². The first-order chi connectivity index (χ1) is 12.5. The molecule has 1 fully saturated rings. The maximum Gasteiger partial charge on any atom is 0.258 e. The van der Waals surface area contributed by atoms with Crippen LogP contribution in [-0.4, -0.2) is 40.5 Å². The predicted molar refractivity (Wildman–Crippen MR) is 94.3 cm³/mol. The van der Waals surface area contributed by atoms with Crippen LogP contribution in [-0.2, 0) is 17.6 Å². The molecule has 138 valence electrons. The summed E-state index contributed by atoms with van der Waals surface area (Å²) >= 11 is 0. The van der Waals surface area contributed by atoms with Gasteiger partial charge in [0, 0.05) is 24.6 Å². The van der Waals surface area contributed by atoms with Gasteiger partial charge in [-0.1, -0.05) is 0 Å². The number of aromatic nitrogens is 2. The molecular weight excluding hydrogens is 334 g/mol. The average molecular weight is 357 g/mol. The van der Waals surface area contributed by atoms with Crippen molar-refractivity contribution in [3.63, 3.8) is 0 Å². The number of morpholine rings is 1. The maximum atomic E-state index is 13.4. The van der Waals surface area contributed by atoms with E-state index in [4.69, 9.17) is 9.15 Å². The Hall–Kier alpha value is -2.41. The van der Waals surface area contributed by atoms with Crippen LogP contribution in [0.4, 0.5) is 0 Å². The van der Waals surface area contributed by atoms with Crippen molar-refractivity contribution in [2.24, 2.45) is 0 Å².